The van der Waals surface area contributed by atoms with E-state index in [0.717, 1.165) is 25.0 Å². The number of aryl methyl sites for hydroxylation is 2. The molecular formula is C21H29N5O4. The monoisotopic (exact) mass is 415 g/mol. The van der Waals surface area contributed by atoms with Gasteiger partial charge in [0.05, 0.1) is 18.4 Å². The topological polar surface area (TPSA) is 90.7 Å². The van der Waals surface area contributed by atoms with E-state index in [9.17, 15) is 4.79 Å². The Balaban J connectivity index is 1.56. The van der Waals surface area contributed by atoms with Crippen LogP contribution in [0.5, 0.6) is 0 Å². The number of hydrogen-bond acceptors (Lipinski definition) is 7. The summed E-state index contributed by atoms with van der Waals surface area (Å²) < 4.78 is 18.5. The fourth-order valence-electron chi connectivity index (χ4n) is 3.51. The molecule has 1 aromatic rings. The van der Waals surface area contributed by atoms with Crippen molar-refractivity contribution in [3.05, 3.63) is 36.1 Å². The molecule has 0 radical (unpaired) electrons. The van der Waals surface area contributed by atoms with E-state index in [1.807, 2.05) is 13.2 Å². The highest BCUT2D eigenvalue weighted by Crippen LogP contribution is 2.29. The molecule has 0 spiro atoms. The van der Waals surface area contributed by atoms with Crippen LogP contribution in [0.25, 0.3) is 0 Å². The molecule has 9 heteroatoms. The van der Waals surface area contributed by atoms with Crippen molar-refractivity contribution in [3.63, 3.8) is 0 Å². The van der Waals surface area contributed by atoms with Crippen molar-refractivity contribution in [2.75, 3.05) is 20.8 Å². The third-order valence-electron chi connectivity index (χ3n) is 5.06. The molecule has 1 saturated heterocycles. The molecule has 0 aromatic carbocycles. The minimum absolute atomic E-state index is 0.0855. The molecule has 3 rings (SSSR count). The summed E-state index contributed by atoms with van der Waals surface area (Å²) in [5.74, 6) is 6.29. The Bertz CT molecular complexity index is 853. The van der Waals surface area contributed by atoms with Gasteiger partial charge in [0.1, 0.15) is 23.7 Å². The summed E-state index contributed by atoms with van der Waals surface area (Å²) in [6.45, 7) is 4.37. The summed E-state index contributed by atoms with van der Waals surface area (Å²) in [7, 11) is 5.14. The van der Waals surface area contributed by atoms with Gasteiger partial charge < -0.3 is 24.4 Å². The summed E-state index contributed by atoms with van der Waals surface area (Å²) in [5.41, 5.74) is 1.37. The van der Waals surface area contributed by atoms with Crippen molar-refractivity contribution >= 4 is 5.91 Å². The van der Waals surface area contributed by atoms with Crippen LogP contribution in [0.2, 0.25) is 0 Å². The lowest BCUT2D eigenvalue weighted by Crippen LogP contribution is -2.43. The second-order valence-corrected chi connectivity index (χ2v) is 7.34. The lowest BCUT2D eigenvalue weighted by Gasteiger charge is -2.32. The van der Waals surface area contributed by atoms with E-state index >= 15 is 0 Å². The van der Waals surface area contributed by atoms with Gasteiger partial charge >= 0.3 is 0 Å². The first-order chi connectivity index (χ1) is 14.5. The Kier molecular flexibility index (Phi) is 7.63. The van der Waals surface area contributed by atoms with Crippen molar-refractivity contribution in [2.45, 2.75) is 50.5 Å². The largest absolute Gasteiger partial charge is 0.382 e. The predicted octanol–water partition coefficient (Wildman–Crippen LogP) is 1.09. The van der Waals surface area contributed by atoms with E-state index in [1.165, 1.54) is 0 Å². The van der Waals surface area contributed by atoms with Crippen LogP contribution >= 0.6 is 0 Å². The van der Waals surface area contributed by atoms with Gasteiger partial charge in [0.15, 0.2) is 0 Å². The number of carbonyl (C=O) groups is 1. The van der Waals surface area contributed by atoms with Crippen LogP contribution in [0.4, 0.5) is 0 Å². The minimum atomic E-state index is -0.299. The Labute approximate surface area is 177 Å². The Hall–Kier alpha value is -2.67. The molecule has 0 aliphatic carbocycles. The molecule has 2 aliphatic rings. The lowest BCUT2D eigenvalue weighted by atomic mass is 10.1. The Morgan fingerprint density at radius 3 is 2.93 bits per heavy atom. The van der Waals surface area contributed by atoms with Crippen LogP contribution in [0.3, 0.4) is 0 Å². The van der Waals surface area contributed by atoms with Crippen LogP contribution in [0, 0.1) is 11.8 Å². The highest BCUT2D eigenvalue weighted by Gasteiger charge is 2.39. The summed E-state index contributed by atoms with van der Waals surface area (Å²) in [5, 5.41) is 10.8. The number of amides is 1. The maximum absolute atomic E-state index is 12.3. The highest BCUT2D eigenvalue weighted by molar-refractivity contribution is 5.99. The summed E-state index contributed by atoms with van der Waals surface area (Å²) in [6.07, 6.45) is 7.17. The number of ether oxygens (including phenoxy) is 3. The molecule has 1 N–H and O–H groups in total. The van der Waals surface area contributed by atoms with Gasteiger partial charge in [0, 0.05) is 46.5 Å². The number of hydrogen-bond donors (Lipinski definition) is 1. The molecule has 0 bridgehead atoms. The number of methoxy groups -OCH3 is 2. The van der Waals surface area contributed by atoms with E-state index in [-0.39, 0.29) is 24.3 Å². The van der Waals surface area contributed by atoms with Crippen LogP contribution in [0.15, 0.2) is 30.4 Å². The molecule has 2 aliphatic heterocycles. The summed E-state index contributed by atoms with van der Waals surface area (Å²) in [6, 6.07) is 0. The van der Waals surface area contributed by atoms with Crippen molar-refractivity contribution in [2.24, 2.45) is 7.05 Å². The third kappa shape index (κ3) is 5.48. The van der Waals surface area contributed by atoms with E-state index in [2.05, 4.69) is 34.0 Å². The highest BCUT2D eigenvalue weighted by atomic mass is 16.6. The van der Waals surface area contributed by atoms with Crippen molar-refractivity contribution in [1.29, 1.82) is 0 Å². The molecule has 0 saturated carbocycles. The molecule has 3 atom stereocenters. The van der Waals surface area contributed by atoms with Crippen molar-refractivity contribution < 1.29 is 19.0 Å². The number of rotatable bonds is 8. The van der Waals surface area contributed by atoms with E-state index in [1.54, 1.807) is 30.0 Å². The predicted molar refractivity (Wildman–Crippen MR) is 109 cm³/mol. The number of aromatic nitrogens is 3. The summed E-state index contributed by atoms with van der Waals surface area (Å²) in [4.78, 5) is 14.1. The molecule has 1 fully saturated rings. The molecule has 162 valence electrons. The van der Waals surface area contributed by atoms with Crippen LogP contribution in [-0.4, -0.2) is 65.1 Å². The molecule has 3 heterocycles. The summed E-state index contributed by atoms with van der Waals surface area (Å²) >= 11 is 0. The number of unbranched alkanes of at least 4 members (excludes halogenated alkanes) is 2. The van der Waals surface area contributed by atoms with Gasteiger partial charge in [-0.1, -0.05) is 23.6 Å². The maximum atomic E-state index is 12.3. The van der Waals surface area contributed by atoms with Gasteiger partial charge in [-0.15, -0.1) is 5.10 Å². The van der Waals surface area contributed by atoms with Crippen LogP contribution in [0.1, 0.15) is 31.4 Å². The number of carbonyl (C=O) groups excluding carboxylic acids is 1. The van der Waals surface area contributed by atoms with Gasteiger partial charge in [0.25, 0.3) is 5.91 Å². The van der Waals surface area contributed by atoms with Gasteiger partial charge in [-0.05, 0) is 19.3 Å². The second-order valence-electron chi connectivity index (χ2n) is 7.34. The third-order valence-corrected chi connectivity index (χ3v) is 5.06. The Morgan fingerprint density at radius 2 is 2.23 bits per heavy atom. The first-order valence-corrected chi connectivity index (χ1v) is 10.0. The minimum Gasteiger partial charge on any atom is -0.382 e. The molecular weight excluding hydrogens is 386 g/mol. The maximum Gasteiger partial charge on any atom is 0.266 e. The van der Waals surface area contributed by atoms with E-state index in [0.29, 0.717) is 30.8 Å². The quantitative estimate of drug-likeness (QED) is 0.502. The van der Waals surface area contributed by atoms with Crippen LogP contribution in [-0.2, 0) is 32.5 Å². The van der Waals surface area contributed by atoms with Gasteiger partial charge in [-0.25, -0.2) is 0 Å². The first-order valence-electron chi connectivity index (χ1n) is 10.0. The lowest BCUT2D eigenvalue weighted by molar-refractivity contribution is -0.118. The smallest absolute Gasteiger partial charge is 0.266 e. The SMILES string of the molecule is C=C1NC(=O)C(C#CCCCCc2cn(C)nn2)=CN1[C@H]1C[C@@H](OC)[C@@H](COC)O1. The van der Waals surface area contributed by atoms with Gasteiger partial charge in [-0.3, -0.25) is 9.48 Å². The van der Waals surface area contributed by atoms with Gasteiger partial charge in [0.2, 0.25) is 0 Å². The van der Waals surface area contributed by atoms with E-state index in [4.69, 9.17) is 14.2 Å². The average molecular weight is 415 g/mol. The zero-order valence-corrected chi connectivity index (χ0v) is 17.8. The van der Waals surface area contributed by atoms with Crippen molar-refractivity contribution in [1.82, 2.24) is 25.2 Å². The van der Waals surface area contributed by atoms with Crippen molar-refractivity contribution in [3.8, 4) is 11.8 Å². The molecule has 9 nitrogen and oxygen atoms in total. The zero-order valence-electron chi connectivity index (χ0n) is 17.8. The standard InChI is InChI=1S/C21H29N5O4/c1-15-22-21(27)16(9-7-5-6-8-10-17-13-25(2)24-23-17)12-26(15)20-11-18(29-4)19(30-20)14-28-3/h12-13,18-20H,1,5-6,8,10-11,14H2,2-4H3,(H,22,27)/t18-,19-,20-/m1/s1. The molecule has 1 aromatic heterocycles. The first kappa shape index (κ1) is 22.0. The van der Waals surface area contributed by atoms with Gasteiger partial charge in [-0.2, -0.15) is 0 Å². The number of nitrogens with zero attached hydrogens (tertiary/aromatic N) is 4. The number of nitrogens with one attached hydrogen (secondary N) is 1. The second kappa shape index (κ2) is 10.4. The normalized spacial score (nSPS) is 23.8. The molecule has 30 heavy (non-hydrogen) atoms. The van der Waals surface area contributed by atoms with E-state index < -0.39 is 0 Å². The molecule has 0 unspecified atom stereocenters. The van der Waals surface area contributed by atoms with Crippen LogP contribution < -0.4 is 5.32 Å². The fourth-order valence-corrected chi connectivity index (χ4v) is 3.51. The average Bonchev–Trinajstić information content (AvgIpc) is 3.32. The fraction of sp³-hybridized carbons (Fsp3) is 0.571. The Morgan fingerprint density at radius 1 is 1.40 bits per heavy atom. The zero-order chi connectivity index (χ0) is 21.5. The molecule has 1 amide bonds.